The van der Waals surface area contributed by atoms with Crippen molar-refractivity contribution in [3.8, 4) is 5.75 Å². The third-order valence-electron chi connectivity index (χ3n) is 4.24. The van der Waals surface area contributed by atoms with E-state index in [1.807, 2.05) is 18.2 Å². The molecular weight excluding hydrogens is 390 g/mol. The Morgan fingerprint density at radius 2 is 1.78 bits per heavy atom. The Balaban J connectivity index is 1.58. The number of hydrogen-bond acceptors (Lipinski definition) is 5. The average molecular weight is 410 g/mol. The molecule has 0 radical (unpaired) electrons. The number of para-hydroxylation sites is 1. The molecule has 0 spiro atoms. The minimum Gasteiger partial charge on any atom is -0.490 e. The van der Waals surface area contributed by atoms with Crippen LogP contribution >= 0.6 is 11.6 Å². The minimum atomic E-state index is -3.78. The first-order valence-corrected chi connectivity index (χ1v) is 10.4. The molecule has 0 amide bonds. The van der Waals surface area contributed by atoms with Crippen LogP contribution in [-0.2, 0) is 19.6 Å². The van der Waals surface area contributed by atoms with Crippen LogP contribution in [0.5, 0.6) is 5.75 Å². The maximum absolute atomic E-state index is 12.8. The van der Waals surface area contributed by atoms with Gasteiger partial charge in [-0.3, -0.25) is 4.79 Å². The van der Waals surface area contributed by atoms with Crippen molar-refractivity contribution < 1.29 is 22.7 Å². The quantitative estimate of drug-likeness (QED) is 0.519. The lowest BCUT2D eigenvalue weighted by atomic mass is 10.2. The summed E-state index contributed by atoms with van der Waals surface area (Å²) in [6.45, 7) is 0.538. The molecule has 1 aliphatic rings. The first-order chi connectivity index (χ1) is 13.0. The van der Waals surface area contributed by atoms with Gasteiger partial charge < -0.3 is 9.47 Å². The van der Waals surface area contributed by atoms with Crippen molar-refractivity contribution in [2.45, 2.75) is 23.8 Å². The number of ether oxygens (including phenoxy) is 2. The van der Waals surface area contributed by atoms with Gasteiger partial charge in [-0.1, -0.05) is 29.8 Å². The minimum absolute atomic E-state index is 0.0546. The number of esters is 1. The smallest absolute Gasteiger partial charge is 0.324 e. The number of rotatable bonds is 7. The SMILES string of the molecule is O=C(OCCOc1ccccc1)[C@@H]1CCCN1S(=O)(=O)c1ccc(Cl)cc1. The standard InChI is InChI=1S/C19H20ClNO5S/c20-15-8-10-17(11-9-15)27(23,24)21-12-4-7-18(21)19(22)26-14-13-25-16-5-2-1-3-6-16/h1-3,5-6,8-11,18H,4,7,12-14H2/t18-/m0/s1. The van der Waals surface area contributed by atoms with Crippen molar-refractivity contribution in [3.05, 3.63) is 59.6 Å². The zero-order valence-electron chi connectivity index (χ0n) is 14.6. The highest BCUT2D eigenvalue weighted by atomic mass is 35.5. The summed E-state index contributed by atoms with van der Waals surface area (Å²) in [6.07, 6.45) is 1.04. The predicted octanol–water partition coefficient (Wildman–Crippen LogP) is 3.12. The third kappa shape index (κ3) is 4.80. The average Bonchev–Trinajstić information content (AvgIpc) is 3.17. The summed E-state index contributed by atoms with van der Waals surface area (Å²) in [5, 5.41) is 0.449. The Kier molecular flexibility index (Phi) is 6.36. The van der Waals surface area contributed by atoms with Gasteiger partial charge in [-0.25, -0.2) is 8.42 Å². The van der Waals surface area contributed by atoms with Crippen molar-refractivity contribution in [1.82, 2.24) is 4.31 Å². The second-order valence-corrected chi connectivity index (χ2v) is 8.38. The largest absolute Gasteiger partial charge is 0.490 e. The Hall–Kier alpha value is -2.09. The zero-order chi connectivity index (χ0) is 19.3. The van der Waals surface area contributed by atoms with Gasteiger partial charge in [-0.15, -0.1) is 0 Å². The Morgan fingerprint density at radius 1 is 1.07 bits per heavy atom. The number of hydrogen-bond donors (Lipinski definition) is 0. The monoisotopic (exact) mass is 409 g/mol. The van der Waals surface area contributed by atoms with Crippen molar-refractivity contribution in [3.63, 3.8) is 0 Å². The molecule has 0 unspecified atom stereocenters. The first kappa shape index (κ1) is 19.7. The Bertz CT molecular complexity index is 871. The summed E-state index contributed by atoms with van der Waals surface area (Å²) < 4.78 is 37.6. The molecule has 144 valence electrons. The van der Waals surface area contributed by atoms with E-state index >= 15 is 0 Å². The molecule has 27 heavy (non-hydrogen) atoms. The highest BCUT2D eigenvalue weighted by Crippen LogP contribution is 2.27. The van der Waals surface area contributed by atoms with Crippen molar-refractivity contribution in [1.29, 1.82) is 0 Å². The Morgan fingerprint density at radius 3 is 2.48 bits per heavy atom. The molecule has 6 nitrogen and oxygen atoms in total. The van der Waals surface area contributed by atoms with E-state index in [0.717, 1.165) is 0 Å². The van der Waals surface area contributed by atoms with Crippen LogP contribution in [0.1, 0.15) is 12.8 Å². The third-order valence-corrected chi connectivity index (χ3v) is 6.41. The summed E-state index contributed by atoms with van der Waals surface area (Å²) in [4.78, 5) is 12.5. The van der Waals surface area contributed by atoms with Gasteiger partial charge in [0.25, 0.3) is 0 Å². The molecule has 0 aliphatic carbocycles. The van der Waals surface area contributed by atoms with Gasteiger partial charge in [0.1, 0.15) is 25.0 Å². The summed E-state index contributed by atoms with van der Waals surface area (Å²) in [5.41, 5.74) is 0. The van der Waals surface area contributed by atoms with Gasteiger partial charge in [-0.2, -0.15) is 4.31 Å². The molecule has 3 rings (SSSR count). The number of carbonyl (C=O) groups excluding carboxylic acids is 1. The lowest BCUT2D eigenvalue weighted by Crippen LogP contribution is -2.41. The summed E-state index contributed by atoms with van der Waals surface area (Å²) in [6, 6.07) is 14.3. The molecular formula is C19H20ClNO5S. The van der Waals surface area contributed by atoms with Crippen LogP contribution in [0.15, 0.2) is 59.5 Å². The van der Waals surface area contributed by atoms with Crippen molar-refractivity contribution in [2.75, 3.05) is 19.8 Å². The summed E-state index contributed by atoms with van der Waals surface area (Å²) in [5.74, 6) is 0.128. The fourth-order valence-corrected chi connectivity index (χ4v) is 4.69. The van der Waals surface area contributed by atoms with E-state index in [9.17, 15) is 13.2 Å². The van der Waals surface area contributed by atoms with Crippen LogP contribution in [0.3, 0.4) is 0 Å². The van der Waals surface area contributed by atoms with Gasteiger partial charge in [-0.05, 0) is 49.2 Å². The second kappa shape index (κ2) is 8.73. The molecule has 0 saturated carbocycles. The number of sulfonamides is 1. The molecule has 1 fully saturated rings. The lowest BCUT2D eigenvalue weighted by Gasteiger charge is -2.22. The fraction of sp³-hybridized carbons (Fsp3) is 0.316. The van der Waals surface area contributed by atoms with E-state index in [4.69, 9.17) is 21.1 Å². The molecule has 2 aromatic carbocycles. The van der Waals surface area contributed by atoms with E-state index in [0.29, 0.717) is 23.6 Å². The van der Waals surface area contributed by atoms with E-state index in [-0.39, 0.29) is 24.7 Å². The molecule has 1 saturated heterocycles. The molecule has 1 heterocycles. The maximum Gasteiger partial charge on any atom is 0.324 e. The molecule has 0 bridgehead atoms. The van der Waals surface area contributed by atoms with Crippen LogP contribution in [0.4, 0.5) is 0 Å². The summed E-state index contributed by atoms with van der Waals surface area (Å²) in [7, 11) is -3.78. The molecule has 8 heteroatoms. The van der Waals surface area contributed by atoms with Gasteiger partial charge >= 0.3 is 5.97 Å². The van der Waals surface area contributed by atoms with E-state index in [1.54, 1.807) is 12.1 Å². The number of halogens is 1. The Labute approximate surface area is 163 Å². The van der Waals surface area contributed by atoms with Crippen LogP contribution in [0.25, 0.3) is 0 Å². The molecule has 0 aromatic heterocycles. The fourth-order valence-electron chi connectivity index (χ4n) is 2.92. The topological polar surface area (TPSA) is 72.9 Å². The van der Waals surface area contributed by atoms with Gasteiger partial charge in [0.15, 0.2) is 0 Å². The molecule has 0 N–H and O–H groups in total. The zero-order valence-corrected chi connectivity index (χ0v) is 16.2. The molecule has 2 aromatic rings. The van der Waals surface area contributed by atoms with Gasteiger partial charge in [0.2, 0.25) is 10.0 Å². The van der Waals surface area contributed by atoms with E-state index in [2.05, 4.69) is 0 Å². The van der Waals surface area contributed by atoms with Gasteiger partial charge in [0, 0.05) is 11.6 Å². The van der Waals surface area contributed by atoms with Gasteiger partial charge in [0.05, 0.1) is 4.90 Å². The maximum atomic E-state index is 12.8. The van der Waals surface area contributed by atoms with Crippen LogP contribution in [-0.4, -0.2) is 44.5 Å². The summed E-state index contributed by atoms with van der Waals surface area (Å²) >= 11 is 5.82. The van der Waals surface area contributed by atoms with Crippen molar-refractivity contribution in [2.24, 2.45) is 0 Å². The van der Waals surface area contributed by atoms with E-state index in [1.165, 1.54) is 28.6 Å². The predicted molar refractivity (Wildman–Crippen MR) is 101 cm³/mol. The number of carbonyl (C=O) groups is 1. The highest BCUT2D eigenvalue weighted by molar-refractivity contribution is 7.89. The van der Waals surface area contributed by atoms with Crippen LogP contribution in [0, 0.1) is 0 Å². The van der Waals surface area contributed by atoms with Crippen LogP contribution < -0.4 is 4.74 Å². The highest BCUT2D eigenvalue weighted by Gasteiger charge is 2.40. The van der Waals surface area contributed by atoms with Crippen molar-refractivity contribution >= 4 is 27.6 Å². The normalized spacial score (nSPS) is 17.6. The van der Waals surface area contributed by atoms with Crippen LogP contribution in [0.2, 0.25) is 5.02 Å². The second-order valence-electron chi connectivity index (χ2n) is 6.06. The molecule has 1 atom stereocenters. The lowest BCUT2D eigenvalue weighted by molar-refractivity contribution is -0.148. The van der Waals surface area contributed by atoms with E-state index < -0.39 is 22.0 Å². The molecule has 1 aliphatic heterocycles. The number of benzene rings is 2. The number of nitrogens with zero attached hydrogens (tertiary/aromatic N) is 1. The first-order valence-electron chi connectivity index (χ1n) is 8.60.